The summed E-state index contributed by atoms with van der Waals surface area (Å²) in [7, 11) is 0. The Bertz CT molecular complexity index is 483. The van der Waals surface area contributed by atoms with E-state index in [2.05, 4.69) is 13.8 Å². The number of hydrogen-bond acceptors (Lipinski definition) is 2. The smallest absolute Gasteiger partial charge is 0.161 e. The van der Waals surface area contributed by atoms with Crippen molar-refractivity contribution in [2.24, 2.45) is 11.3 Å². The number of benzene rings is 1. The molecular weight excluding hydrogens is 284 g/mol. The van der Waals surface area contributed by atoms with Gasteiger partial charge in [0.2, 0.25) is 0 Å². The third-order valence-electron chi connectivity index (χ3n) is 5.64. The Labute approximate surface area is 141 Å². The van der Waals surface area contributed by atoms with Crippen molar-refractivity contribution in [1.29, 1.82) is 0 Å². The van der Waals surface area contributed by atoms with Crippen LogP contribution in [0.1, 0.15) is 71.6 Å². The molecule has 2 aliphatic carbocycles. The maximum atomic E-state index is 6.19. The average Bonchev–Trinajstić information content (AvgIpc) is 2.54. The number of hydrogen-bond donors (Lipinski definition) is 0. The Balaban J connectivity index is 1.58. The molecule has 0 bridgehead atoms. The SMILES string of the molecule is CC(C)Oc1ccccc1OCC1CCCC2(CCCCC2)C1. The molecule has 0 heterocycles. The first kappa shape index (κ1) is 16.7. The summed E-state index contributed by atoms with van der Waals surface area (Å²) in [4.78, 5) is 0. The van der Waals surface area contributed by atoms with Gasteiger partial charge >= 0.3 is 0 Å². The van der Waals surface area contributed by atoms with Crippen LogP contribution in [-0.2, 0) is 0 Å². The molecule has 2 fully saturated rings. The van der Waals surface area contributed by atoms with Crippen molar-refractivity contribution < 1.29 is 9.47 Å². The molecule has 3 rings (SSSR count). The van der Waals surface area contributed by atoms with Crippen LogP contribution in [0.15, 0.2) is 24.3 Å². The standard InChI is InChI=1S/C21H32O2/c1-17(2)23-20-11-5-4-10-19(20)22-16-18-9-8-14-21(15-18)12-6-3-7-13-21/h4-5,10-11,17-18H,3,6-9,12-16H2,1-2H3. The van der Waals surface area contributed by atoms with Gasteiger partial charge in [-0.15, -0.1) is 0 Å². The molecule has 0 N–H and O–H groups in total. The van der Waals surface area contributed by atoms with Gasteiger partial charge in [-0.05, 0) is 69.4 Å². The summed E-state index contributed by atoms with van der Waals surface area (Å²) in [5.41, 5.74) is 0.651. The first-order valence-electron chi connectivity index (χ1n) is 9.55. The highest BCUT2D eigenvalue weighted by Crippen LogP contribution is 2.49. The number of para-hydroxylation sites is 2. The zero-order chi connectivity index (χ0) is 16.1. The van der Waals surface area contributed by atoms with Crippen LogP contribution in [-0.4, -0.2) is 12.7 Å². The summed E-state index contributed by atoms with van der Waals surface area (Å²) in [5.74, 6) is 2.50. The van der Waals surface area contributed by atoms with Crippen LogP contribution in [0.3, 0.4) is 0 Å². The molecule has 1 spiro atoms. The Kier molecular flexibility index (Phi) is 5.50. The van der Waals surface area contributed by atoms with Gasteiger partial charge in [-0.2, -0.15) is 0 Å². The Morgan fingerprint density at radius 3 is 2.43 bits per heavy atom. The van der Waals surface area contributed by atoms with Crippen molar-refractivity contribution in [3.05, 3.63) is 24.3 Å². The summed E-state index contributed by atoms with van der Waals surface area (Å²) < 4.78 is 12.1. The fraction of sp³-hybridized carbons (Fsp3) is 0.714. The molecule has 2 nitrogen and oxygen atoms in total. The van der Waals surface area contributed by atoms with E-state index in [1.807, 2.05) is 24.3 Å². The van der Waals surface area contributed by atoms with E-state index >= 15 is 0 Å². The van der Waals surface area contributed by atoms with Gasteiger partial charge in [0.1, 0.15) is 0 Å². The monoisotopic (exact) mass is 316 g/mol. The van der Waals surface area contributed by atoms with Crippen molar-refractivity contribution in [1.82, 2.24) is 0 Å². The van der Waals surface area contributed by atoms with Crippen molar-refractivity contribution in [3.8, 4) is 11.5 Å². The lowest BCUT2D eigenvalue weighted by molar-refractivity contribution is 0.0647. The van der Waals surface area contributed by atoms with E-state index < -0.39 is 0 Å². The van der Waals surface area contributed by atoms with Gasteiger partial charge < -0.3 is 9.47 Å². The van der Waals surface area contributed by atoms with Crippen LogP contribution in [0.2, 0.25) is 0 Å². The third kappa shape index (κ3) is 4.43. The van der Waals surface area contributed by atoms with Crippen LogP contribution < -0.4 is 9.47 Å². The molecule has 1 aromatic carbocycles. The normalized spacial score (nSPS) is 23.9. The van der Waals surface area contributed by atoms with Crippen LogP contribution in [0.4, 0.5) is 0 Å². The largest absolute Gasteiger partial charge is 0.489 e. The number of rotatable bonds is 5. The number of ether oxygens (including phenoxy) is 2. The molecule has 0 amide bonds. The highest BCUT2D eigenvalue weighted by atomic mass is 16.5. The van der Waals surface area contributed by atoms with Crippen molar-refractivity contribution in [2.45, 2.75) is 77.7 Å². The van der Waals surface area contributed by atoms with Crippen molar-refractivity contribution in [3.63, 3.8) is 0 Å². The van der Waals surface area contributed by atoms with E-state index in [0.29, 0.717) is 11.3 Å². The summed E-state index contributed by atoms with van der Waals surface area (Å²) in [6, 6.07) is 8.10. The summed E-state index contributed by atoms with van der Waals surface area (Å²) in [6.07, 6.45) is 13.0. The van der Waals surface area contributed by atoms with E-state index in [4.69, 9.17) is 9.47 Å². The molecule has 2 heteroatoms. The van der Waals surface area contributed by atoms with Gasteiger partial charge in [-0.3, -0.25) is 0 Å². The minimum Gasteiger partial charge on any atom is -0.489 e. The third-order valence-corrected chi connectivity index (χ3v) is 5.64. The second kappa shape index (κ2) is 7.59. The zero-order valence-electron chi connectivity index (χ0n) is 14.9. The fourth-order valence-electron chi connectivity index (χ4n) is 4.61. The van der Waals surface area contributed by atoms with Gasteiger partial charge in [0.05, 0.1) is 12.7 Å². The average molecular weight is 316 g/mol. The minimum atomic E-state index is 0.180. The van der Waals surface area contributed by atoms with Gasteiger partial charge in [0, 0.05) is 0 Å². The Morgan fingerprint density at radius 1 is 1.00 bits per heavy atom. The molecule has 23 heavy (non-hydrogen) atoms. The van der Waals surface area contributed by atoms with Crippen LogP contribution in [0.25, 0.3) is 0 Å². The van der Waals surface area contributed by atoms with E-state index in [0.717, 1.165) is 18.1 Å². The topological polar surface area (TPSA) is 18.5 Å². The van der Waals surface area contributed by atoms with E-state index in [1.165, 1.54) is 57.8 Å². The molecule has 0 aromatic heterocycles. The predicted molar refractivity (Wildman–Crippen MR) is 95.2 cm³/mol. The second-order valence-electron chi connectivity index (χ2n) is 7.95. The Hall–Kier alpha value is -1.18. The van der Waals surface area contributed by atoms with E-state index in [9.17, 15) is 0 Å². The van der Waals surface area contributed by atoms with E-state index in [-0.39, 0.29) is 6.10 Å². The highest BCUT2D eigenvalue weighted by Gasteiger charge is 2.37. The molecule has 2 aliphatic rings. The minimum absolute atomic E-state index is 0.180. The summed E-state index contributed by atoms with van der Waals surface area (Å²) in [5, 5.41) is 0. The molecular formula is C21H32O2. The lowest BCUT2D eigenvalue weighted by Gasteiger charge is -2.43. The molecule has 0 radical (unpaired) electrons. The molecule has 128 valence electrons. The molecule has 1 aromatic rings. The van der Waals surface area contributed by atoms with Crippen molar-refractivity contribution in [2.75, 3.05) is 6.61 Å². The quantitative estimate of drug-likeness (QED) is 0.664. The molecule has 1 atom stereocenters. The van der Waals surface area contributed by atoms with E-state index in [1.54, 1.807) is 0 Å². The molecule has 0 saturated heterocycles. The molecule has 0 aliphatic heterocycles. The molecule has 2 saturated carbocycles. The predicted octanol–water partition coefficient (Wildman–Crippen LogP) is 5.99. The Morgan fingerprint density at radius 2 is 1.70 bits per heavy atom. The van der Waals surface area contributed by atoms with Crippen LogP contribution >= 0.6 is 0 Å². The fourth-order valence-corrected chi connectivity index (χ4v) is 4.61. The lowest BCUT2D eigenvalue weighted by Crippen LogP contribution is -2.33. The molecule has 1 unspecified atom stereocenters. The maximum absolute atomic E-state index is 6.19. The van der Waals surface area contributed by atoms with Crippen molar-refractivity contribution >= 4 is 0 Å². The summed E-state index contributed by atoms with van der Waals surface area (Å²) in [6.45, 7) is 4.97. The first-order chi connectivity index (χ1) is 11.2. The lowest BCUT2D eigenvalue weighted by atomic mass is 9.63. The second-order valence-corrected chi connectivity index (χ2v) is 7.95. The van der Waals surface area contributed by atoms with Crippen LogP contribution in [0, 0.1) is 11.3 Å². The van der Waals surface area contributed by atoms with Gasteiger partial charge in [0.25, 0.3) is 0 Å². The zero-order valence-corrected chi connectivity index (χ0v) is 14.9. The highest BCUT2D eigenvalue weighted by molar-refractivity contribution is 5.39. The first-order valence-corrected chi connectivity index (χ1v) is 9.55. The van der Waals surface area contributed by atoms with Gasteiger partial charge in [0.15, 0.2) is 11.5 Å². The van der Waals surface area contributed by atoms with Gasteiger partial charge in [-0.25, -0.2) is 0 Å². The van der Waals surface area contributed by atoms with Crippen LogP contribution in [0.5, 0.6) is 11.5 Å². The summed E-state index contributed by atoms with van der Waals surface area (Å²) >= 11 is 0. The van der Waals surface area contributed by atoms with Gasteiger partial charge in [-0.1, -0.05) is 37.8 Å². The maximum Gasteiger partial charge on any atom is 0.161 e.